The van der Waals surface area contributed by atoms with Crippen molar-refractivity contribution in [2.75, 3.05) is 20.2 Å². The highest BCUT2D eigenvalue weighted by Crippen LogP contribution is 2.26. The summed E-state index contributed by atoms with van der Waals surface area (Å²) in [6.07, 6.45) is 2.94. The number of carbonyl (C=O) groups excluding carboxylic acids is 1. The zero-order valence-corrected chi connectivity index (χ0v) is 16.6. The molecule has 0 unspecified atom stereocenters. The van der Waals surface area contributed by atoms with E-state index < -0.39 is 0 Å². The summed E-state index contributed by atoms with van der Waals surface area (Å²) < 4.78 is 6.50. The number of carbonyl (C=O) groups is 1. The number of methoxy groups -OCH3 is 1. The number of ether oxygens (including phenoxy) is 1. The van der Waals surface area contributed by atoms with Gasteiger partial charge in [0.2, 0.25) is 0 Å². The predicted octanol–water partition coefficient (Wildman–Crippen LogP) is 2.64. The van der Waals surface area contributed by atoms with Crippen LogP contribution in [0.15, 0.2) is 47.4 Å². The van der Waals surface area contributed by atoms with E-state index in [0.717, 1.165) is 12.8 Å². The number of likely N-dealkylation sites (tertiary alicyclic amines) is 1. The van der Waals surface area contributed by atoms with Crippen molar-refractivity contribution in [1.82, 2.24) is 24.6 Å². The summed E-state index contributed by atoms with van der Waals surface area (Å²) in [5.74, 6) is 1.39. The van der Waals surface area contributed by atoms with Gasteiger partial charge >= 0.3 is 5.69 Å². The second-order valence-electron chi connectivity index (χ2n) is 6.86. The SMILES string of the molecule is COc1ccc(-n2nc(C3CCN(C(=O)c4ccc(Cl)nc4)CC3)[nH]c2=O)cc1. The summed E-state index contributed by atoms with van der Waals surface area (Å²) in [5, 5.41) is 4.83. The number of hydrogen-bond donors (Lipinski definition) is 1. The second kappa shape index (κ2) is 8.08. The fraction of sp³-hybridized carbons (Fsp3) is 0.300. The van der Waals surface area contributed by atoms with E-state index in [1.807, 2.05) is 0 Å². The Morgan fingerprint density at radius 2 is 1.90 bits per heavy atom. The molecule has 0 saturated carbocycles. The van der Waals surface area contributed by atoms with Gasteiger partial charge in [-0.1, -0.05) is 11.6 Å². The van der Waals surface area contributed by atoms with Gasteiger partial charge in [0.15, 0.2) is 0 Å². The number of amides is 1. The lowest BCUT2D eigenvalue weighted by Gasteiger charge is -2.31. The molecule has 1 N–H and O–H groups in total. The van der Waals surface area contributed by atoms with Gasteiger partial charge in [-0.3, -0.25) is 9.78 Å². The van der Waals surface area contributed by atoms with Crippen LogP contribution in [0.25, 0.3) is 5.69 Å². The number of halogens is 1. The molecule has 1 amide bonds. The molecule has 2 aromatic heterocycles. The molecule has 150 valence electrons. The van der Waals surface area contributed by atoms with Crippen LogP contribution >= 0.6 is 11.6 Å². The maximum absolute atomic E-state index is 12.6. The minimum Gasteiger partial charge on any atom is -0.497 e. The standard InChI is InChI=1S/C20H20ClN5O3/c1-29-16-5-3-15(4-6-16)26-20(28)23-18(24-26)13-8-10-25(11-9-13)19(27)14-2-7-17(21)22-12-14/h2-7,12-13H,8-11H2,1H3,(H,23,24,28). The molecule has 3 aromatic rings. The molecule has 0 bridgehead atoms. The van der Waals surface area contributed by atoms with Gasteiger partial charge in [0.05, 0.1) is 18.4 Å². The van der Waals surface area contributed by atoms with E-state index in [-0.39, 0.29) is 17.5 Å². The van der Waals surface area contributed by atoms with Crippen LogP contribution in [0.5, 0.6) is 5.75 Å². The molecule has 9 heteroatoms. The number of rotatable bonds is 4. The molecule has 4 rings (SSSR count). The lowest BCUT2D eigenvalue weighted by atomic mass is 9.96. The summed E-state index contributed by atoms with van der Waals surface area (Å²) in [5.41, 5.74) is 0.905. The molecule has 3 heterocycles. The Hall–Kier alpha value is -3.13. The molecule has 8 nitrogen and oxygen atoms in total. The molecule has 0 radical (unpaired) electrons. The van der Waals surface area contributed by atoms with Crippen molar-refractivity contribution in [2.45, 2.75) is 18.8 Å². The van der Waals surface area contributed by atoms with Crippen molar-refractivity contribution in [1.29, 1.82) is 0 Å². The number of nitrogens with zero attached hydrogens (tertiary/aromatic N) is 4. The fourth-order valence-electron chi connectivity index (χ4n) is 3.46. The normalized spacial score (nSPS) is 14.8. The highest BCUT2D eigenvalue weighted by Gasteiger charge is 2.27. The van der Waals surface area contributed by atoms with Crippen molar-refractivity contribution in [3.8, 4) is 11.4 Å². The summed E-state index contributed by atoms with van der Waals surface area (Å²) in [4.78, 5) is 33.6. The molecule has 29 heavy (non-hydrogen) atoms. The maximum atomic E-state index is 12.6. The molecule has 0 atom stereocenters. The summed E-state index contributed by atoms with van der Waals surface area (Å²) in [6, 6.07) is 10.4. The minimum atomic E-state index is -0.282. The Bertz CT molecular complexity index is 1050. The molecule has 1 aliphatic heterocycles. The third-order valence-electron chi connectivity index (χ3n) is 5.10. The Morgan fingerprint density at radius 3 is 2.52 bits per heavy atom. The van der Waals surface area contributed by atoms with Crippen molar-refractivity contribution in [2.24, 2.45) is 0 Å². The zero-order chi connectivity index (χ0) is 20.4. The average molecular weight is 414 g/mol. The van der Waals surface area contributed by atoms with E-state index in [4.69, 9.17) is 16.3 Å². The summed E-state index contributed by atoms with van der Waals surface area (Å²) in [7, 11) is 1.59. The van der Waals surface area contributed by atoms with Gasteiger partial charge in [-0.25, -0.2) is 9.78 Å². The largest absolute Gasteiger partial charge is 0.497 e. The maximum Gasteiger partial charge on any atom is 0.348 e. The van der Waals surface area contributed by atoms with Crippen molar-refractivity contribution in [3.63, 3.8) is 0 Å². The average Bonchev–Trinajstić information content (AvgIpc) is 3.15. The van der Waals surface area contributed by atoms with Crippen LogP contribution in [0.3, 0.4) is 0 Å². The molecular formula is C20H20ClN5O3. The number of H-pyrrole nitrogens is 1. The first-order valence-electron chi connectivity index (χ1n) is 9.29. The number of benzene rings is 1. The van der Waals surface area contributed by atoms with Gasteiger partial charge in [0, 0.05) is 25.2 Å². The first-order chi connectivity index (χ1) is 14.0. The van der Waals surface area contributed by atoms with Crippen LogP contribution in [0.1, 0.15) is 34.9 Å². The summed E-state index contributed by atoms with van der Waals surface area (Å²) >= 11 is 5.78. The third kappa shape index (κ3) is 4.02. The summed E-state index contributed by atoms with van der Waals surface area (Å²) in [6.45, 7) is 1.17. The van der Waals surface area contributed by atoms with Crippen LogP contribution in [-0.2, 0) is 0 Å². The fourth-order valence-corrected chi connectivity index (χ4v) is 3.58. The second-order valence-corrected chi connectivity index (χ2v) is 7.25. The molecule has 1 aromatic carbocycles. The zero-order valence-electron chi connectivity index (χ0n) is 15.8. The lowest BCUT2D eigenvalue weighted by molar-refractivity contribution is 0.0710. The van der Waals surface area contributed by atoms with Crippen LogP contribution in [0.2, 0.25) is 5.15 Å². The number of hydrogen-bond acceptors (Lipinski definition) is 5. The van der Waals surface area contributed by atoms with Crippen molar-refractivity contribution >= 4 is 17.5 Å². The van der Waals surface area contributed by atoms with Crippen LogP contribution in [-0.4, -0.2) is 50.8 Å². The smallest absolute Gasteiger partial charge is 0.348 e. The molecule has 1 fully saturated rings. The van der Waals surface area contributed by atoms with Gasteiger partial charge in [-0.15, -0.1) is 5.10 Å². The third-order valence-corrected chi connectivity index (χ3v) is 5.32. The molecule has 0 spiro atoms. The molecule has 0 aliphatic carbocycles. The molecule has 1 aliphatic rings. The van der Waals surface area contributed by atoms with Crippen molar-refractivity contribution < 1.29 is 9.53 Å². The first-order valence-corrected chi connectivity index (χ1v) is 9.67. The predicted molar refractivity (Wildman–Crippen MR) is 108 cm³/mol. The number of aromatic nitrogens is 4. The van der Waals surface area contributed by atoms with E-state index in [1.165, 1.54) is 10.9 Å². The van der Waals surface area contributed by atoms with E-state index in [1.54, 1.807) is 48.4 Å². The highest BCUT2D eigenvalue weighted by molar-refractivity contribution is 6.29. The molecule has 1 saturated heterocycles. The van der Waals surface area contributed by atoms with Gasteiger partial charge in [0.25, 0.3) is 5.91 Å². The van der Waals surface area contributed by atoms with Gasteiger partial charge in [-0.05, 0) is 49.2 Å². The molecular weight excluding hydrogens is 394 g/mol. The topological polar surface area (TPSA) is 93.1 Å². The Kier molecular flexibility index (Phi) is 5.35. The Balaban J connectivity index is 1.44. The van der Waals surface area contributed by atoms with Gasteiger partial charge in [-0.2, -0.15) is 4.68 Å². The van der Waals surface area contributed by atoms with E-state index in [2.05, 4.69) is 15.1 Å². The van der Waals surface area contributed by atoms with Gasteiger partial charge < -0.3 is 9.64 Å². The van der Waals surface area contributed by atoms with Crippen LogP contribution in [0.4, 0.5) is 0 Å². The number of nitrogens with one attached hydrogen (secondary N) is 1. The van der Waals surface area contributed by atoms with E-state index in [0.29, 0.717) is 41.1 Å². The van der Waals surface area contributed by atoms with E-state index >= 15 is 0 Å². The first kappa shape index (κ1) is 19.2. The number of pyridine rings is 1. The number of aromatic amines is 1. The van der Waals surface area contributed by atoms with Gasteiger partial charge in [0.1, 0.15) is 16.7 Å². The lowest BCUT2D eigenvalue weighted by Crippen LogP contribution is -2.38. The van der Waals surface area contributed by atoms with Crippen LogP contribution < -0.4 is 10.4 Å². The number of piperidine rings is 1. The monoisotopic (exact) mass is 413 g/mol. The van der Waals surface area contributed by atoms with Crippen molar-refractivity contribution in [3.05, 3.63) is 69.6 Å². The minimum absolute atomic E-state index is 0.0649. The van der Waals surface area contributed by atoms with E-state index in [9.17, 15) is 9.59 Å². The van der Waals surface area contributed by atoms with Crippen LogP contribution in [0, 0.1) is 0 Å². The Labute approximate surface area is 172 Å². The quantitative estimate of drug-likeness (QED) is 0.663. The highest BCUT2D eigenvalue weighted by atomic mass is 35.5. The Morgan fingerprint density at radius 1 is 1.17 bits per heavy atom.